The van der Waals surface area contributed by atoms with Gasteiger partial charge in [-0.3, -0.25) is 4.55 Å². The molecule has 0 aliphatic carbocycles. The molecule has 1 N–H and O–H groups in total. The van der Waals surface area contributed by atoms with Crippen molar-refractivity contribution in [3.63, 3.8) is 0 Å². The largest absolute Gasteiger partial charge is 0.549 e. The van der Waals surface area contributed by atoms with Crippen molar-refractivity contribution in [2.75, 3.05) is 0 Å². The number of unbranched alkanes of at least 4 members (excludes halogenated alkanes) is 2. The number of hydrogen-bond donors (Lipinski definition) is 1. The van der Waals surface area contributed by atoms with E-state index in [1.165, 1.54) is 0 Å². The molecular weight excluding hydrogens is 384 g/mol. The van der Waals surface area contributed by atoms with Gasteiger partial charge in [0.25, 0.3) is 10.1 Å². The van der Waals surface area contributed by atoms with Gasteiger partial charge in [-0.05, 0) is 24.7 Å². The normalized spacial score (nSPS) is 17.5. The van der Waals surface area contributed by atoms with Crippen molar-refractivity contribution in [1.29, 1.82) is 0 Å². The Labute approximate surface area is 169 Å². The molecule has 8 heteroatoms. The first-order valence-corrected chi connectivity index (χ1v) is 11.9. The van der Waals surface area contributed by atoms with Crippen molar-refractivity contribution in [2.45, 2.75) is 97.2 Å². The molecule has 7 nitrogen and oxygen atoms in total. The van der Waals surface area contributed by atoms with E-state index in [2.05, 4.69) is 0 Å². The summed E-state index contributed by atoms with van der Waals surface area (Å²) in [7, 11) is -5.20. The summed E-state index contributed by atoms with van der Waals surface area (Å²) in [6.07, 6.45) is 5.50. The minimum absolute atomic E-state index is 0.174. The van der Waals surface area contributed by atoms with Gasteiger partial charge in [0.1, 0.15) is 5.25 Å². The summed E-state index contributed by atoms with van der Waals surface area (Å²) in [4.78, 5) is 24.0. The molecule has 0 aromatic heterocycles. The van der Waals surface area contributed by atoms with E-state index >= 15 is 0 Å². The Morgan fingerprint density at radius 2 is 1.29 bits per heavy atom. The molecule has 0 saturated carbocycles. The molecule has 3 atom stereocenters. The van der Waals surface area contributed by atoms with E-state index in [0.717, 1.165) is 25.7 Å². The van der Waals surface area contributed by atoms with Crippen LogP contribution in [0.25, 0.3) is 0 Å². The molecule has 0 aliphatic rings. The van der Waals surface area contributed by atoms with Crippen LogP contribution < -0.4 is 10.2 Å². The molecule has 0 saturated heterocycles. The lowest BCUT2D eigenvalue weighted by atomic mass is 9.68. The summed E-state index contributed by atoms with van der Waals surface area (Å²) >= 11 is 0. The SMILES string of the molecule is CCCCC(CC)CC(CC(CC)CCCC)(C(=O)[O-])C(C(=O)[O-])S(=O)(=O)O. The third-order valence-electron chi connectivity index (χ3n) is 5.81. The first-order chi connectivity index (χ1) is 13.0. The van der Waals surface area contributed by atoms with Crippen LogP contribution >= 0.6 is 0 Å². The van der Waals surface area contributed by atoms with E-state index in [-0.39, 0.29) is 24.7 Å². The smallest absolute Gasteiger partial charge is 0.274 e. The molecule has 0 aromatic carbocycles. The summed E-state index contributed by atoms with van der Waals surface area (Å²) in [5.41, 5.74) is -2.23. The number of carbonyl (C=O) groups excluding carboxylic acids is 2. The van der Waals surface area contributed by atoms with E-state index in [1.807, 2.05) is 27.7 Å². The molecule has 0 aromatic rings. The van der Waals surface area contributed by atoms with E-state index in [9.17, 15) is 32.8 Å². The van der Waals surface area contributed by atoms with Crippen LogP contribution in [0.15, 0.2) is 0 Å². The third-order valence-corrected chi connectivity index (χ3v) is 7.05. The Balaban J connectivity index is 6.31. The second-order valence-corrected chi connectivity index (χ2v) is 9.40. The highest BCUT2D eigenvalue weighted by molar-refractivity contribution is 7.87. The first kappa shape index (κ1) is 26.9. The topological polar surface area (TPSA) is 135 Å². The Kier molecular flexibility index (Phi) is 11.9. The highest BCUT2D eigenvalue weighted by Gasteiger charge is 2.49. The summed E-state index contributed by atoms with van der Waals surface area (Å²) in [5, 5.41) is 21.5. The highest BCUT2D eigenvalue weighted by atomic mass is 32.2. The molecule has 0 heterocycles. The second kappa shape index (κ2) is 12.4. The Bertz CT molecular complexity index is 567. The fraction of sp³-hybridized carbons (Fsp3) is 0.900. The lowest BCUT2D eigenvalue weighted by Gasteiger charge is -2.44. The van der Waals surface area contributed by atoms with Gasteiger partial charge in [0.05, 0.1) is 5.97 Å². The average Bonchev–Trinajstić information content (AvgIpc) is 2.59. The minimum Gasteiger partial charge on any atom is -0.549 e. The maximum Gasteiger partial charge on any atom is 0.274 e. The van der Waals surface area contributed by atoms with Crippen LogP contribution in [0.1, 0.15) is 91.9 Å². The molecule has 3 unspecified atom stereocenters. The van der Waals surface area contributed by atoms with E-state index in [1.54, 1.807) is 0 Å². The highest BCUT2D eigenvalue weighted by Crippen LogP contribution is 2.43. The standard InChI is InChI=1S/C20H38O7S/c1-5-9-11-15(7-3)13-20(19(23)24,14-16(8-4)12-10-6-2)17(18(21)22)28(25,26)27/h15-17H,5-14H2,1-4H3,(H,21,22)(H,23,24)(H,25,26,27)/p-2. The van der Waals surface area contributed by atoms with Gasteiger partial charge < -0.3 is 19.8 Å². The molecule has 0 bridgehead atoms. The van der Waals surface area contributed by atoms with Crippen molar-refractivity contribution in [3.05, 3.63) is 0 Å². The molecule has 0 aliphatic heterocycles. The van der Waals surface area contributed by atoms with Gasteiger partial charge >= 0.3 is 0 Å². The number of aliphatic carboxylic acids is 2. The maximum absolute atomic E-state index is 12.3. The lowest BCUT2D eigenvalue weighted by molar-refractivity contribution is -0.329. The van der Waals surface area contributed by atoms with Crippen LogP contribution in [0.3, 0.4) is 0 Å². The van der Waals surface area contributed by atoms with Crippen molar-refractivity contribution in [2.24, 2.45) is 17.3 Å². The van der Waals surface area contributed by atoms with Gasteiger partial charge in [0, 0.05) is 11.4 Å². The van der Waals surface area contributed by atoms with Crippen LogP contribution in [0, 0.1) is 17.3 Å². The predicted molar refractivity (Wildman–Crippen MR) is 104 cm³/mol. The van der Waals surface area contributed by atoms with E-state index in [4.69, 9.17) is 0 Å². The maximum atomic E-state index is 12.3. The van der Waals surface area contributed by atoms with Crippen molar-refractivity contribution in [3.8, 4) is 0 Å². The first-order valence-electron chi connectivity index (χ1n) is 10.4. The lowest BCUT2D eigenvalue weighted by Crippen LogP contribution is -2.60. The summed E-state index contributed by atoms with van der Waals surface area (Å²) in [6.45, 7) is 7.68. The zero-order valence-corrected chi connectivity index (χ0v) is 18.4. The Morgan fingerprint density at radius 1 is 0.893 bits per heavy atom. The molecule has 0 rings (SSSR count). The number of carboxylic acid groups (broad SMARTS) is 2. The van der Waals surface area contributed by atoms with E-state index in [0.29, 0.717) is 25.7 Å². The summed E-state index contributed by atoms with van der Waals surface area (Å²) < 4.78 is 33.5. The van der Waals surface area contributed by atoms with Crippen molar-refractivity contribution < 1.29 is 32.8 Å². The number of rotatable bonds is 16. The van der Waals surface area contributed by atoms with Gasteiger partial charge in [0.15, 0.2) is 0 Å². The zero-order valence-electron chi connectivity index (χ0n) is 17.6. The van der Waals surface area contributed by atoms with Gasteiger partial charge in [-0.1, -0.05) is 79.1 Å². The fourth-order valence-electron chi connectivity index (χ4n) is 4.12. The van der Waals surface area contributed by atoms with Gasteiger partial charge in [0.2, 0.25) is 0 Å². The number of carboxylic acids is 2. The van der Waals surface area contributed by atoms with Crippen LogP contribution in [0.5, 0.6) is 0 Å². The third kappa shape index (κ3) is 7.70. The molecule has 166 valence electrons. The van der Waals surface area contributed by atoms with Crippen molar-refractivity contribution in [1.82, 2.24) is 0 Å². The van der Waals surface area contributed by atoms with Crippen LogP contribution in [-0.2, 0) is 19.7 Å². The minimum atomic E-state index is -5.20. The fourth-order valence-corrected chi connectivity index (χ4v) is 5.22. The van der Waals surface area contributed by atoms with Gasteiger partial charge in [-0.15, -0.1) is 0 Å². The molecular formula is C20H36O7S-2. The molecule has 28 heavy (non-hydrogen) atoms. The van der Waals surface area contributed by atoms with Crippen LogP contribution in [0.2, 0.25) is 0 Å². The molecule has 0 fully saturated rings. The summed E-state index contributed by atoms with van der Waals surface area (Å²) in [6, 6.07) is 0. The van der Waals surface area contributed by atoms with Gasteiger partial charge in [-0.2, -0.15) is 8.42 Å². The molecule has 0 radical (unpaired) electrons. The predicted octanol–water partition coefficient (Wildman–Crippen LogP) is 1.94. The van der Waals surface area contributed by atoms with Crippen LogP contribution in [-0.4, -0.2) is 30.2 Å². The monoisotopic (exact) mass is 420 g/mol. The number of hydrogen-bond acceptors (Lipinski definition) is 6. The zero-order chi connectivity index (χ0) is 22.0. The Morgan fingerprint density at radius 3 is 1.50 bits per heavy atom. The molecule has 0 spiro atoms. The van der Waals surface area contributed by atoms with Crippen molar-refractivity contribution >= 4 is 22.1 Å². The van der Waals surface area contributed by atoms with Gasteiger partial charge in [-0.25, -0.2) is 0 Å². The molecule has 0 amide bonds. The van der Waals surface area contributed by atoms with E-state index < -0.39 is 32.7 Å². The number of carbonyl (C=O) groups is 2. The quantitative estimate of drug-likeness (QED) is 0.377. The Hall–Kier alpha value is -1.15. The van der Waals surface area contributed by atoms with Crippen LogP contribution in [0.4, 0.5) is 0 Å². The summed E-state index contributed by atoms with van der Waals surface area (Å²) in [5.74, 6) is -4.22. The average molecular weight is 421 g/mol. The second-order valence-electron chi connectivity index (χ2n) is 7.90.